The van der Waals surface area contributed by atoms with Crippen LogP contribution in [-0.4, -0.2) is 42.5 Å². The summed E-state index contributed by atoms with van der Waals surface area (Å²) in [5, 5.41) is 21.3. The molecule has 1 amide bonds. The molecule has 0 unspecified atom stereocenters. The van der Waals surface area contributed by atoms with Gasteiger partial charge in [0.25, 0.3) is 0 Å². The molecular weight excluding hydrogens is 136 g/mol. The SMILES string of the molecule is O=C(O)NCCNCCO. The normalized spacial score (nSPS) is 9.30. The maximum Gasteiger partial charge on any atom is 0.404 e. The summed E-state index contributed by atoms with van der Waals surface area (Å²) in [6.07, 6.45) is -1.02. The number of amides is 1. The summed E-state index contributed by atoms with van der Waals surface area (Å²) in [5.41, 5.74) is 0. The predicted molar refractivity (Wildman–Crippen MR) is 36.0 cm³/mol. The third kappa shape index (κ3) is 7.19. The zero-order valence-corrected chi connectivity index (χ0v) is 5.63. The van der Waals surface area contributed by atoms with Crippen LogP contribution >= 0.6 is 0 Å². The molecule has 0 aromatic rings. The number of hydrogen-bond donors (Lipinski definition) is 4. The molecule has 0 aliphatic rings. The molecule has 0 rings (SSSR count). The molecule has 10 heavy (non-hydrogen) atoms. The van der Waals surface area contributed by atoms with Crippen molar-refractivity contribution in [1.82, 2.24) is 10.6 Å². The number of aliphatic hydroxyl groups excluding tert-OH is 1. The lowest BCUT2D eigenvalue weighted by atomic mass is 10.6. The zero-order valence-electron chi connectivity index (χ0n) is 5.63. The van der Waals surface area contributed by atoms with Crippen LogP contribution in [0.4, 0.5) is 4.79 Å². The van der Waals surface area contributed by atoms with Gasteiger partial charge in [0.05, 0.1) is 6.61 Å². The average Bonchev–Trinajstić information content (AvgIpc) is 1.87. The minimum absolute atomic E-state index is 0.0765. The minimum atomic E-state index is -1.02. The summed E-state index contributed by atoms with van der Waals surface area (Å²) >= 11 is 0. The van der Waals surface area contributed by atoms with Crippen molar-refractivity contribution >= 4 is 6.09 Å². The van der Waals surface area contributed by atoms with E-state index in [1.165, 1.54) is 0 Å². The second-order valence-corrected chi connectivity index (χ2v) is 1.71. The van der Waals surface area contributed by atoms with Gasteiger partial charge in [-0.2, -0.15) is 0 Å². The van der Waals surface area contributed by atoms with Crippen LogP contribution in [0.1, 0.15) is 0 Å². The molecule has 5 heteroatoms. The van der Waals surface area contributed by atoms with Gasteiger partial charge in [-0.3, -0.25) is 0 Å². The first-order valence-corrected chi connectivity index (χ1v) is 3.05. The summed E-state index contributed by atoms with van der Waals surface area (Å²) in [5.74, 6) is 0. The molecule has 0 aromatic heterocycles. The van der Waals surface area contributed by atoms with E-state index >= 15 is 0 Å². The van der Waals surface area contributed by atoms with Crippen molar-refractivity contribution in [3.05, 3.63) is 0 Å². The highest BCUT2D eigenvalue weighted by molar-refractivity contribution is 5.64. The van der Waals surface area contributed by atoms with Crippen molar-refractivity contribution in [2.75, 3.05) is 26.2 Å². The number of hydrogen-bond acceptors (Lipinski definition) is 3. The molecule has 0 aromatic carbocycles. The van der Waals surface area contributed by atoms with E-state index in [-0.39, 0.29) is 6.61 Å². The summed E-state index contributed by atoms with van der Waals surface area (Å²) in [6.45, 7) is 1.50. The van der Waals surface area contributed by atoms with Gasteiger partial charge in [0.1, 0.15) is 0 Å². The number of nitrogens with one attached hydrogen (secondary N) is 2. The molecule has 0 heterocycles. The van der Waals surface area contributed by atoms with Gasteiger partial charge < -0.3 is 20.8 Å². The van der Waals surface area contributed by atoms with Gasteiger partial charge in [-0.25, -0.2) is 4.79 Å². The Morgan fingerprint density at radius 3 is 2.50 bits per heavy atom. The zero-order chi connectivity index (χ0) is 7.82. The van der Waals surface area contributed by atoms with Gasteiger partial charge in [-0.15, -0.1) is 0 Å². The average molecular weight is 148 g/mol. The number of carboxylic acid groups (broad SMARTS) is 1. The third-order valence-electron chi connectivity index (χ3n) is 0.867. The lowest BCUT2D eigenvalue weighted by molar-refractivity contribution is 0.194. The molecule has 4 N–H and O–H groups in total. The smallest absolute Gasteiger partial charge is 0.404 e. The van der Waals surface area contributed by atoms with Gasteiger partial charge in [0.2, 0.25) is 0 Å². The molecule has 0 spiro atoms. The largest absolute Gasteiger partial charge is 0.465 e. The Balaban J connectivity index is 2.84. The summed E-state index contributed by atoms with van der Waals surface area (Å²) in [7, 11) is 0. The van der Waals surface area contributed by atoms with Crippen molar-refractivity contribution in [3.8, 4) is 0 Å². The lowest BCUT2D eigenvalue weighted by Gasteiger charge is -2.00. The minimum Gasteiger partial charge on any atom is -0.465 e. The maximum atomic E-state index is 9.84. The molecule has 5 nitrogen and oxygen atoms in total. The fraction of sp³-hybridized carbons (Fsp3) is 0.800. The Kier molecular flexibility index (Phi) is 5.80. The Morgan fingerprint density at radius 1 is 1.30 bits per heavy atom. The Morgan fingerprint density at radius 2 is 2.00 bits per heavy atom. The van der Waals surface area contributed by atoms with Crippen molar-refractivity contribution in [2.45, 2.75) is 0 Å². The van der Waals surface area contributed by atoms with Gasteiger partial charge in [0, 0.05) is 19.6 Å². The van der Waals surface area contributed by atoms with Crippen LogP contribution in [0.15, 0.2) is 0 Å². The van der Waals surface area contributed by atoms with E-state index in [4.69, 9.17) is 10.2 Å². The van der Waals surface area contributed by atoms with E-state index in [2.05, 4.69) is 10.6 Å². The van der Waals surface area contributed by atoms with Crippen molar-refractivity contribution < 1.29 is 15.0 Å². The van der Waals surface area contributed by atoms with E-state index in [1.807, 2.05) is 0 Å². The quantitative estimate of drug-likeness (QED) is 0.370. The highest BCUT2D eigenvalue weighted by Crippen LogP contribution is 1.60. The van der Waals surface area contributed by atoms with E-state index in [0.717, 1.165) is 0 Å². The molecular formula is C5H12N2O3. The molecule has 60 valence electrons. The lowest BCUT2D eigenvalue weighted by Crippen LogP contribution is -2.31. The highest BCUT2D eigenvalue weighted by atomic mass is 16.4. The van der Waals surface area contributed by atoms with Crippen LogP contribution in [0.2, 0.25) is 0 Å². The molecule has 0 aliphatic carbocycles. The predicted octanol–water partition coefficient (Wildman–Crippen LogP) is -1.16. The monoisotopic (exact) mass is 148 g/mol. The number of carbonyl (C=O) groups is 1. The summed E-state index contributed by atoms with van der Waals surface area (Å²) in [4.78, 5) is 9.84. The molecule has 0 fully saturated rings. The van der Waals surface area contributed by atoms with Gasteiger partial charge in [0.15, 0.2) is 0 Å². The molecule has 0 radical (unpaired) electrons. The number of rotatable bonds is 5. The molecule has 0 aliphatic heterocycles. The van der Waals surface area contributed by atoms with Crippen LogP contribution in [-0.2, 0) is 0 Å². The molecule has 0 saturated carbocycles. The topological polar surface area (TPSA) is 81.6 Å². The molecule has 0 atom stereocenters. The van der Waals surface area contributed by atoms with Crippen LogP contribution < -0.4 is 10.6 Å². The Labute approximate surface area is 59.0 Å². The fourth-order valence-corrected chi connectivity index (χ4v) is 0.462. The van der Waals surface area contributed by atoms with Crippen LogP contribution in [0.5, 0.6) is 0 Å². The van der Waals surface area contributed by atoms with Crippen molar-refractivity contribution in [2.24, 2.45) is 0 Å². The van der Waals surface area contributed by atoms with Gasteiger partial charge in [-0.1, -0.05) is 0 Å². The highest BCUT2D eigenvalue weighted by Gasteiger charge is 1.90. The third-order valence-corrected chi connectivity index (χ3v) is 0.867. The van der Waals surface area contributed by atoms with Gasteiger partial charge >= 0.3 is 6.09 Å². The molecule has 0 saturated heterocycles. The standard InChI is InChI=1S/C5H12N2O3/c8-4-3-6-1-2-7-5(9)10/h6-8H,1-4H2,(H,9,10). The first kappa shape index (κ1) is 9.19. The van der Waals surface area contributed by atoms with Gasteiger partial charge in [-0.05, 0) is 0 Å². The second-order valence-electron chi connectivity index (χ2n) is 1.71. The number of aliphatic hydroxyl groups is 1. The first-order valence-electron chi connectivity index (χ1n) is 3.05. The van der Waals surface area contributed by atoms with E-state index in [1.54, 1.807) is 0 Å². The Bertz CT molecular complexity index is 96.9. The van der Waals surface area contributed by atoms with Crippen LogP contribution in [0.3, 0.4) is 0 Å². The fourth-order valence-electron chi connectivity index (χ4n) is 0.462. The maximum absolute atomic E-state index is 9.84. The molecule has 0 bridgehead atoms. The van der Waals surface area contributed by atoms with E-state index in [0.29, 0.717) is 19.6 Å². The Hall–Kier alpha value is -0.810. The van der Waals surface area contributed by atoms with Crippen LogP contribution in [0, 0.1) is 0 Å². The van der Waals surface area contributed by atoms with Crippen molar-refractivity contribution in [3.63, 3.8) is 0 Å². The van der Waals surface area contributed by atoms with Crippen LogP contribution in [0.25, 0.3) is 0 Å². The first-order chi connectivity index (χ1) is 4.77. The van der Waals surface area contributed by atoms with Crippen molar-refractivity contribution in [1.29, 1.82) is 0 Å². The van der Waals surface area contributed by atoms with E-state index in [9.17, 15) is 4.79 Å². The van der Waals surface area contributed by atoms with E-state index < -0.39 is 6.09 Å². The second kappa shape index (κ2) is 6.31. The summed E-state index contributed by atoms with van der Waals surface area (Å²) in [6, 6.07) is 0. The summed E-state index contributed by atoms with van der Waals surface area (Å²) < 4.78 is 0.